The Bertz CT molecular complexity index is 938. The number of thioether (sulfide) groups is 1. The molecule has 4 rings (SSSR count). The molecule has 0 spiro atoms. The zero-order valence-corrected chi connectivity index (χ0v) is 14.6. The Labute approximate surface area is 151 Å². The Morgan fingerprint density at radius 3 is 3.08 bits per heavy atom. The summed E-state index contributed by atoms with van der Waals surface area (Å²) in [5, 5.41) is 5.54. The first-order valence-corrected chi connectivity index (χ1v) is 9.32. The van der Waals surface area contributed by atoms with E-state index in [-0.39, 0.29) is 24.2 Å². The monoisotopic (exact) mass is 371 g/mol. The number of thiazole rings is 1. The van der Waals surface area contributed by atoms with Gasteiger partial charge in [-0.15, -0.1) is 11.3 Å². The van der Waals surface area contributed by atoms with Crippen molar-refractivity contribution in [2.45, 2.75) is 4.34 Å². The fraction of sp³-hybridized carbons (Fsp3) is 0.118. The van der Waals surface area contributed by atoms with Crippen molar-refractivity contribution >= 4 is 56.5 Å². The molecule has 0 unspecified atom stereocenters. The van der Waals surface area contributed by atoms with Crippen LogP contribution in [0.25, 0.3) is 10.2 Å². The van der Waals surface area contributed by atoms with E-state index in [1.807, 2.05) is 24.3 Å². The van der Waals surface area contributed by atoms with Gasteiger partial charge in [0.1, 0.15) is 5.75 Å². The number of amides is 2. The number of benzene rings is 2. The molecule has 0 fully saturated rings. The van der Waals surface area contributed by atoms with Gasteiger partial charge in [0, 0.05) is 5.69 Å². The number of ether oxygens (including phenoxy) is 1. The van der Waals surface area contributed by atoms with Crippen molar-refractivity contribution in [2.75, 3.05) is 23.0 Å². The smallest absolute Gasteiger partial charge is 0.262 e. The average molecular weight is 371 g/mol. The van der Waals surface area contributed by atoms with Crippen molar-refractivity contribution < 1.29 is 14.3 Å². The van der Waals surface area contributed by atoms with Gasteiger partial charge >= 0.3 is 0 Å². The van der Waals surface area contributed by atoms with Crippen LogP contribution in [-0.2, 0) is 9.59 Å². The summed E-state index contributed by atoms with van der Waals surface area (Å²) >= 11 is 2.98. The number of carbonyl (C=O) groups excluding carboxylic acids is 2. The molecule has 0 radical (unpaired) electrons. The van der Waals surface area contributed by atoms with E-state index in [1.54, 1.807) is 29.5 Å². The summed E-state index contributed by atoms with van der Waals surface area (Å²) in [5.74, 6) is 0.524. The van der Waals surface area contributed by atoms with Crippen molar-refractivity contribution in [3.8, 4) is 5.75 Å². The quantitative estimate of drug-likeness (QED) is 0.688. The third kappa shape index (κ3) is 3.59. The maximum atomic E-state index is 12.2. The van der Waals surface area contributed by atoms with E-state index in [2.05, 4.69) is 15.6 Å². The summed E-state index contributed by atoms with van der Waals surface area (Å²) in [5.41, 5.74) is 2.12. The number of carbonyl (C=O) groups is 2. The number of hydrogen-bond donors (Lipinski definition) is 2. The van der Waals surface area contributed by atoms with Crippen LogP contribution < -0.4 is 15.4 Å². The molecule has 1 aliphatic heterocycles. The van der Waals surface area contributed by atoms with Gasteiger partial charge in [-0.2, -0.15) is 0 Å². The average Bonchev–Trinajstić information content (AvgIpc) is 3.02. The summed E-state index contributed by atoms with van der Waals surface area (Å²) < 4.78 is 7.26. The summed E-state index contributed by atoms with van der Waals surface area (Å²) in [4.78, 5) is 28.0. The Hall–Kier alpha value is -2.58. The molecule has 3 aromatic rings. The van der Waals surface area contributed by atoms with Crippen molar-refractivity contribution in [1.29, 1.82) is 0 Å². The second-order valence-corrected chi connectivity index (χ2v) is 7.59. The molecule has 1 aliphatic rings. The molecule has 2 N–H and O–H groups in total. The van der Waals surface area contributed by atoms with Crippen LogP contribution in [0.2, 0.25) is 0 Å². The molecule has 8 heteroatoms. The van der Waals surface area contributed by atoms with Crippen molar-refractivity contribution in [2.24, 2.45) is 0 Å². The maximum absolute atomic E-state index is 12.2. The van der Waals surface area contributed by atoms with Crippen LogP contribution in [0.15, 0.2) is 46.8 Å². The second-order valence-electron chi connectivity index (χ2n) is 5.33. The molecule has 0 saturated heterocycles. The lowest BCUT2D eigenvalue weighted by molar-refractivity contribution is -0.118. The lowest BCUT2D eigenvalue weighted by atomic mass is 10.2. The van der Waals surface area contributed by atoms with Gasteiger partial charge < -0.3 is 15.4 Å². The van der Waals surface area contributed by atoms with E-state index in [4.69, 9.17) is 4.74 Å². The summed E-state index contributed by atoms with van der Waals surface area (Å²) in [7, 11) is 0. The highest BCUT2D eigenvalue weighted by atomic mass is 32.2. The number of nitrogens with one attached hydrogen (secondary N) is 2. The summed E-state index contributed by atoms with van der Waals surface area (Å²) in [6.45, 7) is 0.0114. The molecule has 6 nitrogen and oxygen atoms in total. The first-order valence-electron chi connectivity index (χ1n) is 7.52. The number of nitrogens with zero attached hydrogens (tertiary/aromatic N) is 1. The molecule has 0 saturated carbocycles. The van der Waals surface area contributed by atoms with E-state index in [0.717, 1.165) is 14.6 Å². The van der Waals surface area contributed by atoms with Gasteiger partial charge in [-0.25, -0.2) is 4.98 Å². The number of rotatable bonds is 4. The standard InChI is InChI=1S/C17H13N3O3S2/c21-15-8-23-13-6-5-10(7-12(13)19-15)18-16(22)9-24-17-20-11-3-1-2-4-14(11)25-17/h1-7H,8-9H2,(H,18,22)(H,19,21). The van der Waals surface area contributed by atoms with Crippen LogP contribution in [0.3, 0.4) is 0 Å². The minimum Gasteiger partial charge on any atom is -0.482 e. The first kappa shape index (κ1) is 15.9. The van der Waals surface area contributed by atoms with Gasteiger partial charge in [0.05, 0.1) is 21.7 Å². The highest BCUT2D eigenvalue weighted by molar-refractivity contribution is 8.01. The lowest BCUT2D eigenvalue weighted by Gasteiger charge is -2.18. The Balaban J connectivity index is 1.39. The van der Waals surface area contributed by atoms with Crippen molar-refractivity contribution in [1.82, 2.24) is 4.98 Å². The van der Waals surface area contributed by atoms with E-state index in [1.165, 1.54) is 11.8 Å². The van der Waals surface area contributed by atoms with Crippen molar-refractivity contribution in [3.05, 3.63) is 42.5 Å². The molecule has 0 aliphatic carbocycles. The number of aromatic nitrogens is 1. The minimum atomic E-state index is -0.206. The third-order valence-electron chi connectivity index (χ3n) is 3.50. The van der Waals surface area contributed by atoms with Crippen LogP contribution in [-0.4, -0.2) is 29.2 Å². The normalized spacial score (nSPS) is 13.0. The lowest BCUT2D eigenvalue weighted by Crippen LogP contribution is -2.25. The number of para-hydroxylation sites is 1. The highest BCUT2D eigenvalue weighted by Gasteiger charge is 2.16. The fourth-order valence-electron chi connectivity index (χ4n) is 2.40. The van der Waals surface area contributed by atoms with Gasteiger partial charge in [0.15, 0.2) is 10.9 Å². The number of hydrogen-bond acceptors (Lipinski definition) is 6. The van der Waals surface area contributed by atoms with Crippen LogP contribution in [0.4, 0.5) is 11.4 Å². The molecule has 2 heterocycles. The van der Waals surface area contributed by atoms with Crippen LogP contribution in [0.1, 0.15) is 0 Å². The summed E-state index contributed by atoms with van der Waals surface area (Å²) in [6, 6.07) is 13.1. The third-order valence-corrected chi connectivity index (χ3v) is 5.68. The molecule has 126 valence electrons. The molecular formula is C17H13N3O3S2. The Kier molecular flexibility index (Phi) is 4.29. The fourth-order valence-corrected chi connectivity index (χ4v) is 4.27. The van der Waals surface area contributed by atoms with Gasteiger partial charge in [-0.3, -0.25) is 9.59 Å². The SMILES string of the molecule is O=C(CSc1nc2ccccc2s1)Nc1ccc2c(c1)NC(=O)CO2. The first-order chi connectivity index (χ1) is 12.2. The predicted molar refractivity (Wildman–Crippen MR) is 99.5 cm³/mol. The molecule has 25 heavy (non-hydrogen) atoms. The van der Waals surface area contributed by atoms with Crippen LogP contribution in [0, 0.1) is 0 Å². The van der Waals surface area contributed by atoms with E-state index in [0.29, 0.717) is 17.1 Å². The van der Waals surface area contributed by atoms with Gasteiger partial charge in [-0.05, 0) is 30.3 Å². The van der Waals surface area contributed by atoms with E-state index < -0.39 is 0 Å². The number of fused-ring (bicyclic) bond motifs is 2. The van der Waals surface area contributed by atoms with Crippen LogP contribution >= 0.6 is 23.1 Å². The Morgan fingerprint density at radius 2 is 2.20 bits per heavy atom. The molecule has 0 atom stereocenters. The molecule has 2 aromatic carbocycles. The van der Waals surface area contributed by atoms with Gasteiger partial charge in [0.25, 0.3) is 5.91 Å². The second kappa shape index (κ2) is 6.73. The number of anilines is 2. The molecular weight excluding hydrogens is 358 g/mol. The van der Waals surface area contributed by atoms with Gasteiger partial charge in [0.2, 0.25) is 5.91 Å². The zero-order chi connectivity index (χ0) is 17.2. The van der Waals surface area contributed by atoms with Gasteiger partial charge in [-0.1, -0.05) is 23.9 Å². The highest BCUT2D eigenvalue weighted by Crippen LogP contribution is 2.31. The van der Waals surface area contributed by atoms with Crippen molar-refractivity contribution in [3.63, 3.8) is 0 Å². The maximum Gasteiger partial charge on any atom is 0.262 e. The molecule has 0 bridgehead atoms. The largest absolute Gasteiger partial charge is 0.482 e. The van der Waals surface area contributed by atoms with E-state index in [9.17, 15) is 9.59 Å². The topological polar surface area (TPSA) is 80.3 Å². The zero-order valence-electron chi connectivity index (χ0n) is 12.9. The minimum absolute atomic E-state index is 0.0114. The summed E-state index contributed by atoms with van der Waals surface area (Å²) in [6.07, 6.45) is 0. The Morgan fingerprint density at radius 1 is 1.32 bits per heavy atom. The molecule has 1 aromatic heterocycles. The predicted octanol–water partition coefficient (Wildman–Crippen LogP) is 3.36. The molecule has 2 amide bonds. The van der Waals surface area contributed by atoms with Crippen LogP contribution in [0.5, 0.6) is 5.75 Å². The van der Waals surface area contributed by atoms with E-state index >= 15 is 0 Å².